The lowest BCUT2D eigenvalue weighted by molar-refractivity contribution is 0.0620. The summed E-state index contributed by atoms with van der Waals surface area (Å²) in [6.45, 7) is 8.53. The number of thioether (sulfide) groups is 1. The van der Waals surface area contributed by atoms with Crippen molar-refractivity contribution in [2.75, 3.05) is 37.7 Å². The van der Waals surface area contributed by atoms with E-state index in [2.05, 4.69) is 35.6 Å². The molecule has 0 aromatic carbocycles. The highest BCUT2D eigenvalue weighted by Crippen LogP contribution is 2.22. The average Bonchev–Trinajstić information content (AvgIpc) is 2.94. The van der Waals surface area contributed by atoms with Crippen molar-refractivity contribution in [2.45, 2.75) is 39.2 Å². The fraction of sp³-hybridized carbons (Fsp3) is 0.778. The Morgan fingerprint density at radius 3 is 2.54 bits per heavy atom. The SMILES string of the molecule is CC(C)Cc1cc(C(=O)N2CCC(N3CCSCC3)CC2)n(C)n1. The molecule has 24 heavy (non-hydrogen) atoms. The monoisotopic (exact) mass is 350 g/mol. The molecule has 1 amide bonds. The maximum atomic E-state index is 12.9. The van der Waals surface area contributed by atoms with E-state index in [4.69, 9.17) is 0 Å². The van der Waals surface area contributed by atoms with Crippen LogP contribution in [0.1, 0.15) is 42.9 Å². The van der Waals surface area contributed by atoms with Crippen molar-refractivity contribution in [3.05, 3.63) is 17.5 Å². The highest BCUT2D eigenvalue weighted by atomic mass is 32.2. The van der Waals surface area contributed by atoms with Crippen LogP contribution in [0.3, 0.4) is 0 Å². The molecule has 0 atom stereocenters. The molecule has 0 radical (unpaired) electrons. The van der Waals surface area contributed by atoms with E-state index in [9.17, 15) is 4.79 Å². The van der Waals surface area contributed by atoms with Crippen LogP contribution in [0.5, 0.6) is 0 Å². The third kappa shape index (κ3) is 4.14. The summed E-state index contributed by atoms with van der Waals surface area (Å²) in [7, 11) is 1.88. The third-order valence-electron chi connectivity index (χ3n) is 5.08. The van der Waals surface area contributed by atoms with Gasteiger partial charge in [0.05, 0.1) is 5.69 Å². The number of nitrogens with zero attached hydrogens (tertiary/aromatic N) is 4. The number of hydrogen-bond acceptors (Lipinski definition) is 4. The van der Waals surface area contributed by atoms with Gasteiger partial charge in [-0.25, -0.2) is 0 Å². The van der Waals surface area contributed by atoms with Crippen molar-refractivity contribution in [1.29, 1.82) is 0 Å². The Morgan fingerprint density at radius 1 is 1.25 bits per heavy atom. The number of rotatable bonds is 4. The van der Waals surface area contributed by atoms with Crippen molar-refractivity contribution in [1.82, 2.24) is 19.6 Å². The lowest BCUT2D eigenvalue weighted by Crippen LogP contribution is -2.49. The number of aryl methyl sites for hydroxylation is 1. The van der Waals surface area contributed by atoms with Gasteiger partial charge in [-0.1, -0.05) is 13.8 Å². The van der Waals surface area contributed by atoms with Gasteiger partial charge in [0.25, 0.3) is 5.91 Å². The third-order valence-corrected chi connectivity index (χ3v) is 6.02. The molecule has 3 rings (SSSR count). The summed E-state index contributed by atoms with van der Waals surface area (Å²) in [5.74, 6) is 3.22. The predicted molar refractivity (Wildman–Crippen MR) is 99.6 cm³/mol. The summed E-state index contributed by atoms with van der Waals surface area (Å²) in [6, 6.07) is 2.65. The van der Waals surface area contributed by atoms with Crippen molar-refractivity contribution in [3.8, 4) is 0 Å². The molecule has 3 heterocycles. The Balaban J connectivity index is 1.57. The Labute approximate surface area is 149 Å². The molecule has 0 unspecified atom stereocenters. The van der Waals surface area contributed by atoms with E-state index in [-0.39, 0.29) is 5.91 Å². The molecule has 1 aromatic heterocycles. The number of hydrogen-bond donors (Lipinski definition) is 0. The molecule has 2 fully saturated rings. The van der Waals surface area contributed by atoms with Crippen molar-refractivity contribution in [3.63, 3.8) is 0 Å². The topological polar surface area (TPSA) is 41.4 Å². The van der Waals surface area contributed by atoms with E-state index in [1.807, 2.05) is 18.0 Å². The second-order valence-electron chi connectivity index (χ2n) is 7.41. The highest BCUT2D eigenvalue weighted by molar-refractivity contribution is 7.99. The molecule has 0 spiro atoms. The van der Waals surface area contributed by atoms with Crippen LogP contribution in [-0.2, 0) is 13.5 Å². The lowest BCUT2D eigenvalue weighted by Gasteiger charge is -2.40. The molecule has 2 aliphatic heterocycles. The van der Waals surface area contributed by atoms with E-state index in [0.29, 0.717) is 12.0 Å². The Kier molecular flexibility index (Phi) is 5.87. The quantitative estimate of drug-likeness (QED) is 0.835. The minimum Gasteiger partial charge on any atom is -0.337 e. The molecule has 1 aromatic rings. The standard InChI is InChI=1S/C18H30N4OS/c1-14(2)12-15-13-17(20(3)19-15)18(23)22-6-4-16(5-7-22)21-8-10-24-11-9-21/h13-14,16H,4-12H2,1-3H3. The van der Waals surface area contributed by atoms with Gasteiger partial charge in [-0.15, -0.1) is 0 Å². The van der Waals surface area contributed by atoms with Gasteiger partial charge in [0, 0.05) is 50.8 Å². The molecule has 0 bridgehead atoms. The number of carbonyl (C=O) groups is 1. The molecular weight excluding hydrogens is 320 g/mol. The maximum absolute atomic E-state index is 12.9. The zero-order valence-electron chi connectivity index (χ0n) is 15.2. The van der Waals surface area contributed by atoms with Gasteiger partial charge in [-0.3, -0.25) is 14.4 Å². The lowest BCUT2D eigenvalue weighted by atomic mass is 10.0. The van der Waals surface area contributed by atoms with E-state index >= 15 is 0 Å². The molecule has 2 aliphatic rings. The molecule has 0 N–H and O–H groups in total. The van der Waals surface area contributed by atoms with Crippen molar-refractivity contribution in [2.24, 2.45) is 13.0 Å². The van der Waals surface area contributed by atoms with E-state index in [0.717, 1.165) is 43.7 Å². The van der Waals surface area contributed by atoms with Gasteiger partial charge in [-0.05, 0) is 31.2 Å². The Bertz CT molecular complexity index is 557. The van der Waals surface area contributed by atoms with Crippen LogP contribution in [0.2, 0.25) is 0 Å². The maximum Gasteiger partial charge on any atom is 0.272 e. The number of likely N-dealkylation sites (tertiary alicyclic amines) is 1. The van der Waals surface area contributed by atoms with Gasteiger partial charge in [0.1, 0.15) is 5.69 Å². The fourth-order valence-corrected chi connectivity index (χ4v) is 4.71. The molecular formula is C18H30N4OS. The second-order valence-corrected chi connectivity index (χ2v) is 8.64. The molecule has 0 aliphatic carbocycles. The number of piperidine rings is 1. The molecule has 0 saturated carbocycles. The minimum absolute atomic E-state index is 0.146. The average molecular weight is 351 g/mol. The largest absolute Gasteiger partial charge is 0.337 e. The Morgan fingerprint density at radius 2 is 1.92 bits per heavy atom. The highest BCUT2D eigenvalue weighted by Gasteiger charge is 2.29. The second kappa shape index (κ2) is 7.91. The van der Waals surface area contributed by atoms with E-state index in [1.165, 1.54) is 24.6 Å². The van der Waals surface area contributed by atoms with Crippen molar-refractivity contribution >= 4 is 17.7 Å². The normalized spacial score (nSPS) is 20.8. The summed E-state index contributed by atoms with van der Waals surface area (Å²) < 4.78 is 1.76. The zero-order valence-corrected chi connectivity index (χ0v) is 16.0. The van der Waals surface area contributed by atoms with E-state index in [1.54, 1.807) is 4.68 Å². The van der Waals surface area contributed by atoms with Crippen molar-refractivity contribution < 1.29 is 4.79 Å². The smallest absolute Gasteiger partial charge is 0.272 e. The van der Waals surface area contributed by atoms with Crippen LogP contribution < -0.4 is 0 Å². The van der Waals surface area contributed by atoms with Crippen LogP contribution in [-0.4, -0.2) is 69.2 Å². The molecule has 134 valence electrons. The predicted octanol–water partition coefficient (Wildman–Crippen LogP) is 2.27. The summed E-state index contributed by atoms with van der Waals surface area (Å²) in [5.41, 5.74) is 1.76. The summed E-state index contributed by atoms with van der Waals surface area (Å²) in [4.78, 5) is 17.5. The first kappa shape index (κ1) is 17.8. The van der Waals surface area contributed by atoms with Crippen LogP contribution in [0.4, 0.5) is 0 Å². The van der Waals surface area contributed by atoms with Gasteiger partial charge < -0.3 is 4.90 Å². The molecule has 6 heteroatoms. The fourth-order valence-electron chi connectivity index (χ4n) is 3.78. The molecule has 5 nitrogen and oxygen atoms in total. The summed E-state index contributed by atoms with van der Waals surface area (Å²) in [6.07, 6.45) is 3.14. The zero-order chi connectivity index (χ0) is 17.1. The first-order valence-corrected chi connectivity index (χ1v) is 10.3. The van der Waals surface area contributed by atoms with Gasteiger partial charge >= 0.3 is 0 Å². The van der Waals surface area contributed by atoms with E-state index < -0.39 is 0 Å². The minimum atomic E-state index is 0.146. The van der Waals surface area contributed by atoms with Crippen LogP contribution >= 0.6 is 11.8 Å². The first-order valence-electron chi connectivity index (χ1n) is 9.18. The number of carbonyl (C=O) groups excluding carboxylic acids is 1. The molecule has 2 saturated heterocycles. The number of aromatic nitrogens is 2. The van der Waals surface area contributed by atoms with Gasteiger partial charge in [0.15, 0.2) is 0 Å². The first-order chi connectivity index (χ1) is 11.5. The Hall–Kier alpha value is -1.01. The summed E-state index contributed by atoms with van der Waals surface area (Å²) >= 11 is 2.06. The van der Waals surface area contributed by atoms with Crippen LogP contribution in [0.15, 0.2) is 6.07 Å². The van der Waals surface area contributed by atoms with Gasteiger partial charge in [0.2, 0.25) is 0 Å². The van der Waals surface area contributed by atoms with Gasteiger partial charge in [-0.2, -0.15) is 16.9 Å². The summed E-state index contributed by atoms with van der Waals surface area (Å²) in [5, 5.41) is 4.51. The number of amides is 1. The van der Waals surface area contributed by atoms with Crippen LogP contribution in [0, 0.1) is 5.92 Å². The van der Waals surface area contributed by atoms with Crippen LogP contribution in [0.25, 0.3) is 0 Å².